The number of amides is 1. The standard InChI is InChI=1S/C16H16NO3/c1-20-15-11-12(9-10-18)7-8-14(15)17-16(19)13-5-3-2-4-6-13/h2-8,11H,9-10H2,1H3,(H,17,19). The van der Waals surface area contributed by atoms with Gasteiger partial charge in [0, 0.05) is 5.56 Å². The van der Waals surface area contributed by atoms with Crippen molar-refractivity contribution in [3.05, 3.63) is 59.7 Å². The molecule has 0 aliphatic rings. The second kappa shape index (κ2) is 6.73. The fourth-order valence-corrected chi connectivity index (χ4v) is 1.90. The molecule has 0 fully saturated rings. The Hall–Kier alpha value is -2.33. The van der Waals surface area contributed by atoms with Crippen molar-refractivity contribution >= 4 is 11.6 Å². The van der Waals surface area contributed by atoms with E-state index in [1.807, 2.05) is 24.3 Å². The maximum absolute atomic E-state index is 12.1. The summed E-state index contributed by atoms with van der Waals surface area (Å²) in [7, 11) is 1.54. The van der Waals surface area contributed by atoms with Crippen LogP contribution in [0.5, 0.6) is 5.75 Å². The van der Waals surface area contributed by atoms with Gasteiger partial charge in [-0.2, -0.15) is 0 Å². The Morgan fingerprint density at radius 2 is 1.90 bits per heavy atom. The van der Waals surface area contributed by atoms with Crippen molar-refractivity contribution in [3.8, 4) is 5.75 Å². The zero-order valence-corrected chi connectivity index (χ0v) is 11.3. The Morgan fingerprint density at radius 1 is 1.15 bits per heavy atom. The van der Waals surface area contributed by atoms with Gasteiger partial charge in [-0.1, -0.05) is 24.3 Å². The van der Waals surface area contributed by atoms with Gasteiger partial charge in [-0.15, -0.1) is 0 Å². The van der Waals surface area contributed by atoms with Gasteiger partial charge in [0.15, 0.2) is 0 Å². The van der Waals surface area contributed by atoms with Crippen molar-refractivity contribution in [1.29, 1.82) is 0 Å². The van der Waals surface area contributed by atoms with Crippen molar-refractivity contribution in [1.82, 2.24) is 0 Å². The Morgan fingerprint density at radius 3 is 2.55 bits per heavy atom. The Kier molecular flexibility index (Phi) is 4.74. The highest BCUT2D eigenvalue weighted by Crippen LogP contribution is 2.26. The number of rotatable bonds is 5. The van der Waals surface area contributed by atoms with Gasteiger partial charge < -0.3 is 10.1 Å². The number of hydrogen-bond donors (Lipinski definition) is 1. The normalized spacial score (nSPS) is 10.1. The monoisotopic (exact) mass is 270 g/mol. The van der Waals surface area contributed by atoms with Gasteiger partial charge >= 0.3 is 0 Å². The molecule has 103 valence electrons. The van der Waals surface area contributed by atoms with E-state index in [4.69, 9.17) is 4.74 Å². The molecular weight excluding hydrogens is 254 g/mol. The van der Waals surface area contributed by atoms with Crippen molar-refractivity contribution in [3.63, 3.8) is 0 Å². The molecule has 1 amide bonds. The van der Waals surface area contributed by atoms with Crippen LogP contribution in [0.3, 0.4) is 0 Å². The molecule has 2 aromatic rings. The minimum atomic E-state index is -0.194. The average molecular weight is 270 g/mol. The van der Waals surface area contributed by atoms with E-state index in [1.165, 1.54) is 7.11 Å². The van der Waals surface area contributed by atoms with Crippen molar-refractivity contribution in [2.45, 2.75) is 6.42 Å². The first-order valence-corrected chi connectivity index (χ1v) is 6.36. The molecule has 0 atom stereocenters. The lowest BCUT2D eigenvalue weighted by Crippen LogP contribution is -2.12. The molecule has 4 nitrogen and oxygen atoms in total. The Balaban J connectivity index is 2.18. The summed E-state index contributed by atoms with van der Waals surface area (Å²) in [5.41, 5.74) is 2.07. The van der Waals surface area contributed by atoms with Crippen LogP contribution in [0.1, 0.15) is 15.9 Å². The largest absolute Gasteiger partial charge is 0.495 e. The first-order valence-electron chi connectivity index (χ1n) is 6.36. The quantitative estimate of drug-likeness (QED) is 0.908. The maximum Gasteiger partial charge on any atom is 0.255 e. The lowest BCUT2D eigenvalue weighted by Gasteiger charge is -2.11. The molecule has 0 aromatic heterocycles. The molecule has 0 bridgehead atoms. The molecule has 4 heteroatoms. The number of carbonyl (C=O) groups is 1. The second-order valence-corrected chi connectivity index (χ2v) is 4.31. The molecule has 0 aliphatic carbocycles. The average Bonchev–Trinajstić information content (AvgIpc) is 2.50. The summed E-state index contributed by atoms with van der Waals surface area (Å²) in [6.07, 6.45) is 0.448. The highest BCUT2D eigenvalue weighted by Gasteiger charge is 2.10. The van der Waals surface area contributed by atoms with Crippen molar-refractivity contribution in [2.75, 3.05) is 19.0 Å². The van der Waals surface area contributed by atoms with Gasteiger partial charge in [0.25, 0.3) is 5.91 Å². The third kappa shape index (κ3) is 3.36. The van der Waals surface area contributed by atoms with Crippen LogP contribution in [0.25, 0.3) is 0 Å². The van der Waals surface area contributed by atoms with Crippen LogP contribution in [0, 0.1) is 0 Å². The number of ether oxygens (including phenoxy) is 1. The van der Waals surface area contributed by atoms with E-state index < -0.39 is 0 Å². The number of hydrogen-bond acceptors (Lipinski definition) is 2. The molecule has 0 saturated carbocycles. The van der Waals surface area contributed by atoms with Gasteiger partial charge in [0.1, 0.15) is 5.75 Å². The van der Waals surface area contributed by atoms with Gasteiger partial charge in [0.2, 0.25) is 0 Å². The zero-order valence-electron chi connectivity index (χ0n) is 11.3. The lowest BCUT2D eigenvalue weighted by atomic mass is 10.1. The van der Waals surface area contributed by atoms with Gasteiger partial charge in [-0.25, -0.2) is 5.11 Å². The van der Waals surface area contributed by atoms with E-state index in [9.17, 15) is 9.90 Å². The maximum atomic E-state index is 12.1. The van der Waals surface area contributed by atoms with E-state index in [1.54, 1.807) is 24.3 Å². The SMILES string of the molecule is COc1cc(CC[O])ccc1NC(=O)c1ccccc1. The van der Waals surface area contributed by atoms with Crippen LogP contribution in [-0.2, 0) is 11.5 Å². The summed E-state index contributed by atoms with van der Waals surface area (Å²) >= 11 is 0. The van der Waals surface area contributed by atoms with Crippen molar-refractivity contribution < 1.29 is 14.6 Å². The fraction of sp³-hybridized carbons (Fsp3) is 0.188. The van der Waals surface area contributed by atoms with Gasteiger partial charge in [0.05, 0.1) is 19.4 Å². The lowest BCUT2D eigenvalue weighted by molar-refractivity contribution is 0.102. The van der Waals surface area contributed by atoms with Crippen LogP contribution in [0.15, 0.2) is 48.5 Å². The van der Waals surface area contributed by atoms with Crippen molar-refractivity contribution in [2.24, 2.45) is 0 Å². The Bertz CT molecular complexity index is 582. The summed E-state index contributed by atoms with van der Waals surface area (Å²) in [4.78, 5) is 12.1. The van der Waals surface area contributed by atoms with E-state index in [0.717, 1.165) is 5.56 Å². The van der Waals surface area contributed by atoms with Crippen LogP contribution >= 0.6 is 0 Å². The van der Waals surface area contributed by atoms with E-state index in [-0.39, 0.29) is 12.5 Å². The molecule has 0 saturated heterocycles. The first kappa shape index (κ1) is 14.1. The van der Waals surface area contributed by atoms with Crippen LogP contribution < -0.4 is 10.1 Å². The fourth-order valence-electron chi connectivity index (χ4n) is 1.90. The summed E-state index contributed by atoms with van der Waals surface area (Å²) in [5.74, 6) is 0.362. The topological polar surface area (TPSA) is 58.2 Å². The van der Waals surface area contributed by atoms with Gasteiger partial charge in [-0.05, 0) is 36.2 Å². The molecule has 2 aromatic carbocycles. The van der Waals surface area contributed by atoms with Crippen LogP contribution in [0.2, 0.25) is 0 Å². The molecular formula is C16H16NO3. The molecule has 2 rings (SSSR count). The minimum Gasteiger partial charge on any atom is -0.495 e. The molecule has 0 spiro atoms. The highest BCUT2D eigenvalue weighted by molar-refractivity contribution is 6.05. The number of carbonyl (C=O) groups excluding carboxylic acids is 1. The molecule has 0 unspecified atom stereocenters. The summed E-state index contributed by atoms with van der Waals surface area (Å²) in [6.45, 7) is -0.168. The number of benzene rings is 2. The summed E-state index contributed by atoms with van der Waals surface area (Å²) in [6, 6.07) is 14.3. The van der Waals surface area contributed by atoms with Gasteiger partial charge in [-0.3, -0.25) is 4.79 Å². The van der Waals surface area contributed by atoms with E-state index in [2.05, 4.69) is 5.32 Å². The third-order valence-electron chi connectivity index (χ3n) is 2.94. The summed E-state index contributed by atoms with van der Waals surface area (Å²) in [5, 5.41) is 13.4. The molecule has 0 aliphatic heterocycles. The first-order chi connectivity index (χ1) is 9.74. The molecule has 1 N–H and O–H groups in total. The predicted octanol–water partition coefficient (Wildman–Crippen LogP) is 2.92. The zero-order chi connectivity index (χ0) is 14.4. The van der Waals surface area contributed by atoms with E-state index >= 15 is 0 Å². The summed E-state index contributed by atoms with van der Waals surface area (Å²) < 4.78 is 5.25. The molecule has 0 heterocycles. The second-order valence-electron chi connectivity index (χ2n) is 4.31. The Labute approximate surface area is 118 Å². The molecule has 20 heavy (non-hydrogen) atoms. The van der Waals surface area contributed by atoms with Crippen LogP contribution in [-0.4, -0.2) is 19.6 Å². The third-order valence-corrected chi connectivity index (χ3v) is 2.94. The van der Waals surface area contributed by atoms with E-state index in [0.29, 0.717) is 23.4 Å². The number of nitrogens with one attached hydrogen (secondary N) is 1. The smallest absolute Gasteiger partial charge is 0.255 e. The highest BCUT2D eigenvalue weighted by atomic mass is 16.5. The van der Waals surface area contributed by atoms with Crippen LogP contribution in [0.4, 0.5) is 5.69 Å². The molecule has 1 radical (unpaired) electrons. The minimum absolute atomic E-state index is 0.168. The number of anilines is 1. The number of methoxy groups -OCH3 is 1. The predicted molar refractivity (Wildman–Crippen MR) is 76.6 cm³/mol.